The summed E-state index contributed by atoms with van der Waals surface area (Å²) in [4.78, 5) is 16.3. The summed E-state index contributed by atoms with van der Waals surface area (Å²) >= 11 is 4.16. The molecule has 0 saturated heterocycles. The molecule has 3 aromatic rings. The third-order valence-electron chi connectivity index (χ3n) is 1.87. The van der Waals surface area contributed by atoms with E-state index in [1.165, 1.54) is 40.8 Å². The fourth-order valence-corrected chi connectivity index (χ4v) is 3.38. The first-order chi connectivity index (χ1) is 8.81. The molecule has 0 aliphatic carbocycles. The summed E-state index contributed by atoms with van der Waals surface area (Å²) in [5.41, 5.74) is 0. The van der Waals surface area contributed by atoms with Crippen molar-refractivity contribution in [2.45, 2.75) is 4.34 Å². The number of amides is 1. The molecule has 92 valence electrons. The van der Waals surface area contributed by atoms with Gasteiger partial charge in [0.05, 0.1) is 5.75 Å². The van der Waals surface area contributed by atoms with E-state index in [9.17, 15) is 4.79 Å². The van der Waals surface area contributed by atoms with Crippen molar-refractivity contribution in [2.75, 3.05) is 11.1 Å². The van der Waals surface area contributed by atoms with Crippen LogP contribution >= 0.6 is 34.4 Å². The molecule has 0 radical (unpaired) electrons. The van der Waals surface area contributed by atoms with E-state index in [4.69, 9.17) is 0 Å². The van der Waals surface area contributed by atoms with Gasteiger partial charge in [-0.25, -0.2) is 4.98 Å². The molecule has 3 rings (SSSR count). The van der Waals surface area contributed by atoms with Gasteiger partial charge >= 0.3 is 0 Å². The fraction of sp³-hybridized carbons (Fsp3) is 0.125. The van der Waals surface area contributed by atoms with E-state index < -0.39 is 0 Å². The average molecular weight is 298 g/mol. The van der Waals surface area contributed by atoms with Crippen LogP contribution in [0.25, 0.3) is 4.96 Å². The largest absolute Gasteiger partial charge is 0.301 e. The molecule has 0 fully saturated rings. The SMILES string of the molecule is O=C(CSc1nn2cnnc2s1)Nc1nccs1. The molecule has 0 aliphatic rings. The summed E-state index contributed by atoms with van der Waals surface area (Å²) in [7, 11) is 0. The van der Waals surface area contributed by atoms with Gasteiger partial charge in [0.15, 0.2) is 9.47 Å². The Bertz CT molecular complexity index is 631. The van der Waals surface area contributed by atoms with Crippen LogP contribution in [-0.2, 0) is 4.79 Å². The number of hydrogen-bond donors (Lipinski definition) is 1. The van der Waals surface area contributed by atoms with Crippen molar-refractivity contribution in [2.24, 2.45) is 0 Å². The third-order valence-corrected chi connectivity index (χ3v) is 4.61. The van der Waals surface area contributed by atoms with Crippen molar-refractivity contribution in [3.8, 4) is 0 Å². The minimum Gasteiger partial charge on any atom is -0.301 e. The lowest BCUT2D eigenvalue weighted by Crippen LogP contribution is -2.13. The molecule has 18 heavy (non-hydrogen) atoms. The highest BCUT2D eigenvalue weighted by Gasteiger charge is 2.09. The Balaban J connectivity index is 1.57. The first-order valence-electron chi connectivity index (χ1n) is 4.80. The molecule has 0 atom stereocenters. The maximum absolute atomic E-state index is 11.6. The van der Waals surface area contributed by atoms with E-state index in [0.29, 0.717) is 10.9 Å². The first kappa shape index (κ1) is 11.6. The maximum Gasteiger partial charge on any atom is 0.236 e. The molecule has 0 unspecified atom stereocenters. The number of nitrogens with one attached hydrogen (secondary N) is 1. The van der Waals surface area contributed by atoms with Crippen molar-refractivity contribution >= 4 is 50.4 Å². The van der Waals surface area contributed by atoms with E-state index in [1.807, 2.05) is 5.38 Å². The second-order valence-electron chi connectivity index (χ2n) is 3.10. The van der Waals surface area contributed by atoms with E-state index in [-0.39, 0.29) is 5.91 Å². The smallest absolute Gasteiger partial charge is 0.236 e. The van der Waals surface area contributed by atoms with Crippen LogP contribution in [0.15, 0.2) is 22.2 Å². The van der Waals surface area contributed by atoms with E-state index in [0.717, 1.165) is 9.30 Å². The highest BCUT2D eigenvalue weighted by atomic mass is 32.2. The Morgan fingerprint density at radius 2 is 2.50 bits per heavy atom. The van der Waals surface area contributed by atoms with Crippen molar-refractivity contribution < 1.29 is 4.79 Å². The van der Waals surface area contributed by atoms with Crippen molar-refractivity contribution in [1.29, 1.82) is 0 Å². The number of nitrogens with zero attached hydrogens (tertiary/aromatic N) is 5. The Morgan fingerprint density at radius 3 is 3.28 bits per heavy atom. The summed E-state index contributed by atoms with van der Waals surface area (Å²) in [5, 5.41) is 16.9. The van der Waals surface area contributed by atoms with Crippen molar-refractivity contribution in [3.05, 3.63) is 17.9 Å². The second kappa shape index (κ2) is 5.00. The molecular weight excluding hydrogens is 292 g/mol. The number of carbonyl (C=O) groups excluding carboxylic acids is 1. The van der Waals surface area contributed by atoms with Crippen LogP contribution in [0.5, 0.6) is 0 Å². The number of rotatable bonds is 4. The number of aromatic nitrogens is 5. The van der Waals surface area contributed by atoms with E-state index in [1.54, 1.807) is 10.7 Å². The number of hydrogen-bond acceptors (Lipinski definition) is 8. The van der Waals surface area contributed by atoms with Crippen LogP contribution < -0.4 is 5.32 Å². The minimum atomic E-state index is -0.0964. The lowest BCUT2D eigenvalue weighted by atomic mass is 10.7. The molecule has 3 aromatic heterocycles. The zero-order valence-corrected chi connectivity index (χ0v) is 11.3. The van der Waals surface area contributed by atoms with Crippen molar-refractivity contribution in [1.82, 2.24) is 24.8 Å². The Kier molecular flexibility index (Phi) is 3.21. The molecule has 0 aliphatic heterocycles. The van der Waals surface area contributed by atoms with Gasteiger partial charge in [-0.1, -0.05) is 23.1 Å². The van der Waals surface area contributed by atoms with Crippen LogP contribution in [0, 0.1) is 0 Å². The first-order valence-corrected chi connectivity index (χ1v) is 7.48. The highest BCUT2D eigenvalue weighted by molar-refractivity contribution is 8.01. The highest BCUT2D eigenvalue weighted by Crippen LogP contribution is 2.23. The molecule has 1 amide bonds. The molecule has 0 bridgehead atoms. The molecule has 7 nitrogen and oxygen atoms in total. The number of anilines is 1. The lowest BCUT2D eigenvalue weighted by Gasteiger charge is -1.98. The number of thioether (sulfide) groups is 1. The molecule has 0 aromatic carbocycles. The number of thiazole rings is 1. The second-order valence-corrected chi connectivity index (χ2v) is 6.17. The Labute approximate surface area is 113 Å². The van der Waals surface area contributed by atoms with Crippen LogP contribution in [0.2, 0.25) is 0 Å². The molecule has 0 spiro atoms. The van der Waals surface area contributed by atoms with Gasteiger partial charge in [0.1, 0.15) is 6.33 Å². The predicted molar refractivity (Wildman–Crippen MR) is 70.1 cm³/mol. The zero-order chi connectivity index (χ0) is 12.4. The van der Waals surface area contributed by atoms with Crippen LogP contribution in [0.3, 0.4) is 0 Å². The summed E-state index contributed by atoms with van der Waals surface area (Å²) < 4.78 is 2.38. The van der Waals surface area contributed by atoms with Crippen LogP contribution in [0.1, 0.15) is 0 Å². The average Bonchev–Trinajstić information content (AvgIpc) is 3.01. The molecule has 0 saturated carbocycles. The molecular formula is C8H6N6OS3. The van der Waals surface area contributed by atoms with Gasteiger partial charge in [-0.3, -0.25) is 4.79 Å². The topological polar surface area (TPSA) is 85.1 Å². The van der Waals surface area contributed by atoms with Gasteiger partial charge in [0.25, 0.3) is 0 Å². The summed E-state index contributed by atoms with van der Waals surface area (Å²) in [5.74, 6) is 0.199. The van der Waals surface area contributed by atoms with Gasteiger partial charge in [-0.2, -0.15) is 4.52 Å². The summed E-state index contributed by atoms with van der Waals surface area (Å²) in [6.07, 6.45) is 3.18. The van der Waals surface area contributed by atoms with Crippen LogP contribution in [-0.4, -0.2) is 36.5 Å². The summed E-state index contributed by atoms with van der Waals surface area (Å²) in [6, 6.07) is 0. The van der Waals surface area contributed by atoms with Crippen LogP contribution in [0.4, 0.5) is 5.13 Å². The normalized spacial score (nSPS) is 10.9. The maximum atomic E-state index is 11.6. The molecule has 10 heteroatoms. The minimum absolute atomic E-state index is 0.0964. The quantitative estimate of drug-likeness (QED) is 0.732. The number of fused-ring (bicyclic) bond motifs is 1. The molecule has 3 heterocycles. The Morgan fingerprint density at radius 1 is 1.56 bits per heavy atom. The third kappa shape index (κ3) is 2.49. The molecule has 1 N–H and O–H groups in total. The standard InChI is InChI=1S/C8H6N6OS3/c15-5(11-6-9-1-2-16-6)3-17-8-13-14-4-10-12-7(14)18-8/h1-2,4H,3H2,(H,9,11,15). The van der Waals surface area contributed by atoms with Gasteiger partial charge in [-0.05, 0) is 0 Å². The lowest BCUT2D eigenvalue weighted by molar-refractivity contribution is -0.113. The number of carbonyl (C=O) groups is 1. The summed E-state index contributed by atoms with van der Waals surface area (Å²) in [6.45, 7) is 0. The monoisotopic (exact) mass is 298 g/mol. The Hall–Kier alpha value is -1.52. The van der Waals surface area contributed by atoms with E-state index in [2.05, 4.69) is 25.6 Å². The van der Waals surface area contributed by atoms with Gasteiger partial charge in [-0.15, -0.1) is 26.6 Å². The van der Waals surface area contributed by atoms with Gasteiger partial charge in [0, 0.05) is 11.6 Å². The van der Waals surface area contributed by atoms with Gasteiger partial charge in [0.2, 0.25) is 10.9 Å². The fourth-order valence-electron chi connectivity index (χ4n) is 1.17. The zero-order valence-electron chi connectivity index (χ0n) is 8.81. The van der Waals surface area contributed by atoms with Crippen molar-refractivity contribution in [3.63, 3.8) is 0 Å². The van der Waals surface area contributed by atoms with E-state index >= 15 is 0 Å². The predicted octanol–water partition coefficient (Wildman–Crippen LogP) is 1.37. The van der Waals surface area contributed by atoms with Gasteiger partial charge < -0.3 is 5.32 Å².